The van der Waals surface area contributed by atoms with Crippen LogP contribution in [0.3, 0.4) is 0 Å². The number of carbonyl (C=O) groups excluding carboxylic acids is 4. The molecule has 110 heavy (non-hydrogen) atoms. The molecule has 2 aromatic carbocycles. The lowest BCUT2D eigenvalue weighted by atomic mass is 9.98. The van der Waals surface area contributed by atoms with Gasteiger partial charge < -0.3 is 142 Å². The minimum absolute atomic E-state index is 0.0598. The number of methoxy groups -OCH3 is 8. The maximum atomic E-state index is 12.7. The molecule has 22 atom stereocenters. The SMILES string of the molecule is CO[C@@H]1OC(C(=O)NCCOCCn2nncc2-c2ccc(N)cc2)[C@@H](OC)[C@H](O)[C@@H]1O.CO[C@@H]1OC(C(=O)NCc2ccc(-n3nncc3COC3CCCCO3)cc2)[C@@H](OC)[C@H](O)[C@@H]1O.CO[C@@H]1OC(C(=O)OCC#C[Si](C)(C)C)[C@@H](OC)[C@H](O)[C@@H]1O.CO[C@@H]1OC(C(=O)OCC2CCCO2)[C@@H](OC)[C@H](O)[C@@H]1O. The molecule has 0 aliphatic carbocycles. The Labute approximate surface area is 637 Å². The highest BCUT2D eigenvalue weighted by atomic mass is 28.3. The van der Waals surface area contributed by atoms with Gasteiger partial charge in [0, 0.05) is 94.4 Å². The Morgan fingerprint density at radius 3 is 1.55 bits per heavy atom. The molecule has 2 amide bonds. The summed E-state index contributed by atoms with van der Waals surface area (Å²) in [5.74, 6) is 0.414. The van der Waals surface area contributed by atoms with E-state index in [4.69, 9.17) is 91.0 Å². The summed E-state index contributed by atoms with van der Waals surface area (Å²) in [6.07, 6.45) is -16.0. The van der Waals surface area contributed by atoms with Gasteiger partial charge in [-0.25, -0.2) is 19.0 Å². The number of nitrogens with two attached hydrogens (primary N) is 1. The summed E-state index contributed by atoms with van der Waals surface area (Å²) in [6, 6.07) is 14.9. The smallest absolute Gasteiger partial charge is 0.339 e. The number of benzene rings is 2. The highest BCUT2D eigenvalue weighted by Gasteiger charge is 2.52. The van der Waals surface area contributed by atoms with Crippen LogP contribution in [-0.2, 0) is 124 Å². The Morgan fingerprint density at radius 1 is 0.564 bits per heavy atom. The van der Waals surface area contributed by atoms with Crippen LogP contribution < -0.4 is 16.4 Å². The van der Waals surface area contributed by atoms with Crippen molar-refractivity contribution in [2.75, 3.05) is 109 Å². The van der Waals surface area contributed by atoms with Crippen LogP contribution in [-0.4, -0.2) is 341 Å². The second-order valence-corrected chi connectivity index (χ2v) is 31.5. The van der Waals surface area contributed by atoms with E-state index in [9.17, 15) is 60.0 Å². The topological polar surface area (TPSA) is 508 Å². The number of anilines is 1. The lowest BCUT2D eigenvalue weighted by molar-refractivity contribution is -0.292. The third kappa shape index (κ3) is 25.4. The van der Waals surface area contributed by atoms with Gasteiger partial charge in [0.2, 0.25) is 0 Å². The van der Waals surface area contributed by atoms with Crippen LogP contribution in [0.1, 0.15) is 43.4 Å². The molecule has 616 valence electrons. The van der Waals surface area contributed by atoms with Crippen molar-refractivity contribution in [3.8, 4) is 28.4 Å². The van der Waals surface area contributed by atoms with E-state index in [-0.39, 0.29) is 45.3 Å². The second-order valence-electron chi connectivity index (χ2n) is 26.8. The van der Waals surface area contributed by atoms with Crippen LogP contribution in [0.5, 0.6) is 0 Å². The van der Waals surface area contributed by atoms with Gasteiger partial charge in [-0.3, -0.25) is 9.59 Å². The first-order chi connectivity index (χ1) is 52.8. The molecule has 39 nitrogen and oxygen atoms in total. The molecule has 6 fully saturated rings. The summed E-state index contributed by atoms with van der Waals surface area (Å²) in [4.78, 5) is 49.4. The Kier molecular flexibility index (Phi) is 37.1. The molecule has 2 aromatic heterocycles. The number of rotatable bonds is 28. The predicted molar refractivity (Wildman–Crippen MR) is 381 cm³/mol. The number of ether oxygens (including phenoxy) is 18. The van der Waals surface area contributed by atoms with Gasteiger partial charge in [0.15, 0.2) is 62.5 Å². The van der Waals surface area contributed by atoms with Crippen LogP contribution in [0.4, 0.5) is 5.69 Å². The van der Waals surface area contributed by atoms with Gasteiger partial charge in [0.1, 0.15) is 87.9 Å². The van der Waals surface area contributed by atoms with Crippen molar-refractivity contribution >= 4 is 37.5 Å². The first-order valence-corrected chi connectivity index (χ1v) is 39.1. The molecule has 10 rings (SSSR count). The van der Waals surface area contributed by atoms with Crippen LogP contribution in [0.25, 0.3) is 16.9 Å². The number of nitrogens with one attached hydrogen (secondary N) is 2. The Bertz CT molecular complexity index is 3450. The molecular weight excluding hydrogens is 1470 g/mol. The zero-order valence-corrected chi connectivity index (χ0v) is 64.4. The number of amides is 2. The highest BCUT2D eigenvalue weighted by molar-refractivity contribution is 6.83. The average molecular weight is 1580 g/mol. The number of nitrogen functional groups attached to an aromatic ring is 1. The number of nitrogens with zero attached hydrogens (tertiary/aromatic N) is 6. The van der Waals surface area contributed by atoms with Gasteiger partial charge in [0.25, 0.3) is 11.8 Å². The standard InChI is InChI=1S/C23H32N4O8.C20H29N5O7.C14H24O7Si.C13H22O8/c1-31-20-18(28)19(29)23(32-2)35-21(20)22(30)24-11-14-6-8-15(9-7-14)27-16(12-25-26-27)13-34-17-5-3-4-10-33-17;1-29-17-15(26)16(27)20(30-2)32-18(17)19(28)22-7-9-31-10-8-25-14(11-23-24-25)12-3-5-13(21)6-4-12;1-18-11-9(15)10(16)14(19-2)21-12(11)13(17)20-7-6-8-22(3,4)5;1-17-10-8(14)9(15)13(18-2)21-11(10)12(16)20-6-7-4-3-5-19-7/h6-9,12,17-21,23,28-29H,3-5,10-11,13H2,1-2H3,(H,24,30);3-6,11,15-18,20,26-27H,7-10,21H2,1-2H3,(H,22,28);9-12,14-16H,7H2,1-5H3;7-11,13-15H,3-6H2,1-2H3/t17?,18-,19+,20+,21?,23-;15-,16+,17+,18?,20-;9-,10+,11+,12?,14-;7?,8-,9+,10+,11?,13-/m1111/s1. The van der Waals surface area contributed by atoms with Gasteiger partial charge in [0.05, 0.1) is 61.9 Å². The number of aromatic nitrogens is 6. The first-order valence-electron chi connectivity index (χ1n) is 35.6. The van der Waals surface area contributed by atoms with E-state index in [1.165, 1.54) is 56.9 Å². The molecule has 4 aromatic rings. The van der Waals surface area contributed by atoms with Crippen molar-refractivity contribution in [2.24, 2.45) is 0 Å². The van der Waals surface area contributed by atoms with Crippen LogP contribution >= 0.6 is 0 Å². The van der Waals surface area contributed by atoms with Crippen molar-refractivity contribution in [3.05, 3.63) is 72.2 Å². The first kappa shape index (κ1) is 90.4. The number of carbonyl (C=O) groups is 4. The van der Waals surface area contributed by atoms with Gasteiger partial charge in [-0.2, -0.15) is 0 Å². The summed E-state index contributed by atoms with van der Waals surface area (Å²) in [5, 5.41) is 102. The van der Waals surface area contributed by atoms with Crippen molar-refractivity contribution < 1.29 is 145 Å². The zero-order chi connectivity index (χ0) is 80.2. The maximum absolute atomic E-state index is 12.7. The number of hydrogen-bond acceptors (Lipinski definition) is 35. The lowest BCUT2D eigenvalue weighted by Gasteiger charge is -2.40. The molecule has 6 aliphatic heterocycles. The molecule has 12 N–H and O–H groups in total. The molecule has 0 saturated carbocycles. The average Bonchev–Trinajstić information content (AvgIpc) is 1.16. The molecule has 6 unspecified atom stereocenters. The van der Waals surface area contributed by atoms with Crippen molar-refractivity contribution in [1.29, 1.82) is 0 Å². The van der Waals surface area contributed by atoms with E-state index in [0.29, 0.717) is 38.7 Å². The summed E-state index contributed by atoms with van der Waals surface area (Å²) < 4.78 is 97.8. The molecule has 0 radical (unpaired) electrons. The molecule has 40 heteroatoms. The van der Waals surface area contributed by atoms with Gasteiger partial charge in [-0.1, -0.05) is 60.3 Å². The Balaban J connectivity index is 0.000000209. The zero-order valence-electron chi connectivity index (χ0n) is 63.4. The van der Waals surface area contributed by atoms with Crippen molar-refractivity contribution in [1.82, 2.24) is 40.6 Å². The van der Waals surface area contributed by atoms with E-state index < -0.39 is 155 Å². The molecular formula is C70H107N9O30Si. The van der Waals surface area contributed by atoms with Gasteiger partial charge >= 0.3 is 11.9 Å². The summed E-state index contributed by atoms with van der Waals surface area (Å²) >= 11 is 0. The fraction of sp³-hybridized carbons (Fsp3) is 0.686. The number of aliphatic hydroxyl groups is 8. The van der Waals surface area contributed by atoms with E-state index in [1.54, 1.807) is 21.8 Å². The Morgan fingerprint density at radius 2 is 1.06 bits per heavy atom. The minimum Gasteiger partial charge on any atom is -0.461 e. The van der Waals surface area contributed by atoms with Crippen LogP contribution in [0.15, 0.2) is 60.9 Å². The highest BCUT2D eigenvalue weighted by Crippen LogP contribution is 2.30. The number of hydrogen-bond donors (Lipinski definition) is 11. The third-order valence-corrected chi connectivity index (χ3v) is 18.9. The van der Waals surface area contributed by atoms with Gasteiger partial charge in [-0.05, 0) is 61.9 Å². The fourth-order valence-corrected chi connectivity index (χ4v) is 12.6. The van der Waals surface area contributed by atoms with E-state index in [2.05, 4.69) is 62.4 Å². The predicted octanol–water partition coefficient (Wildman–Crippen LogP) is -2.86. The quantitative estimate of drug-likeness (QED) is 0.00896. The van der Waals surface area contributed by atoms with E-state index >= 15 is 0 Å². The summed E-state index contributed by atoms with van der Waals surface area (Å²) in [7, 11) is 8.99. The van der Waals surface area contributed by atoms with Crippen molar-refractivity contribution in [3.63, 3.8) is 0 Å². The van der Waals surface area contributed by atoms with Crippen molar-refractivity contribution in [2.45, 2.75) is 207 Å². The normalized spacial score (nSPS) is 30.8. The minimum atomic E-state index is -1.53. The van der Waals surface area contributed by atoms with E-state index in [0.717, 1.165) is 60.3 Å². The monoisotopic (exact) mass is 1580 g/mol. The summed E-state index contributed by atoms with van der Waals surface area (Å²) in [5.41, 5.74) is 13.7. The number of aliphatic hydroxyl groups excluding tert-OH is 8. The molecule has 8 heterocycles. The fourth-order valence-electron chi connectivity index (χ4n) is 12.0. The van der Waals surface area contributed by atoms with Crippen LogP contribution in [0.2, 0.25) is 19.6 Å². The molecule has 0 spiro atoms. The van der Waals surface area contributed by atoms with Gasteiger partial charge in [-0.15, -0.1) is 15.7 Å². The Hall–Kier alpha value is -6.78. The molecule has 6 aliphatic rings. The number of esters is 2. The second kappa shape index (κ2) is 45.2. The molecule has 0 bridgehead atoms. The molecule has 6 saturated heterocycles. The van der Waals surface area contributed by atoms with E-state index in [1.807, 2.05) is 48.5 Å². The maximum Gasteiger partial charge on any atom is 0.339 e. The van der Waals surface area contributed by atoms with Crippen LogP contribution in [0, 0.1) is 11.5 Å². The summed E-state index contributed by atoms with van der Waals surface area (Å²) in [6.45, 7) is 9.54. The lowest BCUT2D eigenvalue weighted by Crippen LogP contribution is -2.62. The largest absolute Gasteiger partial charge is 0.461 e. The third-order valence-electron chi connectivity index (χ3n) is 18.0.